The van der Waals surface area contributed by atoms with Gasteiger partial charge in [0.05, 0.1) is 5.56 Å². The lowest BCUT2D eigenvalue weighted by Gasteiger charge is -2.21. The zero-order chi connectivity index (χ0) is 18.0. The third-order valence-corrected chi connectivity index (χ3v) is 4.63. The minimum absolute atomic E-state index is 0.164. The van der Waals surface area contributed by atoms with Crippen molar-refractivity contribution in [2.45, 2.75) is 58.2 Å². The molecule has 25 heavy (non-hydrogen) atoms. The van der Waals surface area contributed by atoms with Crippen LogP contribution in [0.4, 0.5) is 4.79 Å². The number of rotatable bonds is 3. The van der Waals surface area contributed by atoms with Gasteiger partial charge in [0.15, 0.2) is 0 Å². The van der Waals surface area contributed by atoms with E-state index >= 15 is 0 Å². The monoisotopic (exact) mass is 339 g/mol. The molecule has 2 aromatic rings. The molecule has 1 aromatic carbocycles. The van der Waals surface area contributed by atoms with E-state index in [1.165, 1.54) is 0 Å². The maximum absolute atomic E-state index is 11.9. The summed E-state index contributed by atoms with van der Waals surface area (Å²) in [5, 5.41) is 13.3. The smallest absolute Gasteiger partial charge is 0.407 e. The Bertz CT molecular complexity index is 810. The van der Waals surface area contributed by atoms with Gasteiger partial charge in [-0.1, -0.05) is 18.2 Å². The van der Waals surface area contributed by atoms with E-state index in [1.54, 1.807) is 0 Å². The average Bonchev–Trinajstić information content (AvgIpc) is 3.11. The van der Waals surface area contributed by atoms with Crippen molar-refractivity contribution in [2.24, 2.45) is 5.92 Å². The molecule has 1 heterocycles. The van der Waals surface area contributed by atoms with Crippen LogP contribution in [0.2, 0.25) is 0 Å². The molecule has 0 spiro atoms. The van der Waals surface area contributed by atoms with Crippen molar-refractivity contribution in [1.29, 1.82) is 5.26 Å². The van der Waals surface area contributed by atoms with Gasteiger partial charge < -0.3 is 14.6 Å². The highest BCUT2D eigenvalue weighted by Crippen LogP contribution is 2.30. The molecule has 3 rings (SSSR count). The van der Waals surface area contributed by atoms with Crippen molar-refractivity contribution in [3.8, 4) is 6.07 Å². The van der Waals surface area contributed by atoms with Crippen LogP contribution in [0, 0.1) is 17.2 Å². The first kappa shape index (κ1) is 17.3. The van der Waals surface area contributed by atoms with E-state index in [2.05, 4.69) is 22.0 Å². The second-order valence-corrected chi connectivity index (χ2v) is 7.85. The fraction of sp³-hybridized carbons (Fsp3) is 0.500. The number of fused-ring (bicyclic) bond motifs is 1. The highest BCUT2D eigenvalue weighted by atomic mass is 16.6. The van der Waals surface area contributed by atoms with Crippen molar-refractivity contribution in [3.05, 3.63) is 36.0 Å². The summed E-state index contributed by atoms with van der Waals surface area (Å²) in [5.74, 6) is 0.488. The van der Waals surface area contributed by atoms with Gasteiger partial charge in [-0.05, 0) is 52.0 Å². The molecule has 0 aliphatic heterocycles. The van der Waals surface area contributed by atoms with Crippen LogP contribution in [0.3, 0.4) is 0 Å². The molecule has 1 aliphatic carbocycles. The van der Waals surface area contributed by atoms with Gasteiger partial charge in [-0.3, -0.25) is 0 Å². The van der Waals surface area contributed by atoms with Crippen LogP contribution in [0.25, 0.3) is 10.9 Å². The summed E-state index contributed by atoms with van der Waals surface area (Å²) in [7, 11) is 0. The highest BCUT2D eigenvalue weighted by Gasteiger charge is 2.28. The first-order valence-electron chi connectivity index (χ1n) is 8.83. The molecule has 132 valence electrons. The average molecular weight is 339 g/mol. The summed E-state index contributed by atoms with van der Waals surface area (Å²) >= 11 is 0. The molecular weight excluding hydrogens is 314 g/mol. The molecule has 1 saturated carbocycles. The SMILES string of the molecule is CC(C)(C)OC(=O)N[C@@H]1CC[C@H](Cn2cc(C#N)c3ccccc32)C1. The lowest BCUT2D eigenvalue weighted by Crippen LogP contribution is -2.38. The Kier molecular flexibility index (Phi) is 4.71. The molecule has 2 atom stereocenters. The molecular formula is C20H25N3O2. The van der Waals surface area contributed by atoms with E-state index in [4.69, 9.17) is 4.74 Å². The molecule has 0 unspecified atom stereocenters. The Hall–Kier alpha value is -2.48. The number of carbonyl (C=O) groups is 1. The Labute approximate surface area is 148 Å². The van der Waals surface area contributed by atoms with Gasteiger partial charge in [-0.25, -0.2) is 4.79 Å². The second-order valence-electron chi connectivity index (χ2n) is 7.85. The van der Waals surface area contributed by atoms with Gasteiger partial charge in [0.25, 0.3) is 0 Å². The van der Waals surface area contributed by atoms with Gasteiger partial charge in [-0.15, -0.1) is 0 Å². The molecule has 1 fully saturated rings. The Balaban J connectivity index is 1.63. The van der Waals surface area contributed by atoms with E-state index in [1.807, 2.05) is 45.2 Å². The van der Waals surface area contributed by atoms with Crippen LogP contribution in [-0.4, -0.2) is 22.3 Å². The molecule has 1 aromatic heterocycles. The number of para-hydroxylation sites is 1. The van der Waals surface area contributed by atoms with Gasteiger partial charge in [0.2, 0.25) is 0 Å². The molecule has 1 aliphatic rings. The first-order valence-corrected chi connectivity index (χ1v) is 8.83. The minimum atomic E-state index is -0.472. The predicted octanol–water partition coefficient (Wildman–Crippen LogP) is 4.21. The van der Waals surface area contributed by atoms with E-state index in [9.17, 15) is 10.1 Å². The number of aromatic nitrogens is 1. The zero-order valence-electron chi connectivity index (χ0n) is 15.1. The molecule has 5 heteroatoms. The second kappa shape index (κ2) is 6.79. The minimum Gasteiger partial charge on any atom is -0.444 e. The molecule has 5 nitrogen and oxygen atoms in total. The number of alkyl carbamates (subject to hydrolysis) is 1. The summed E-state index contributed by atoms with van der Waals surface area (Å²) in [6.07, 6.45) is 4.58. The third-order valence-electron chi connectivity index (χ3n) is 4.63. The molecule has 1 amide bonds. The largest absolute Gasteiger partial charge is 0.444 e. The summed E-state index contributed by atoms with van der Waals surface area (Å²) in [6, 6.07) is 10.5. The maximum Gasteiger partial charge on any atom is 0.407 e. The van der Waals surface area contributed by atoms with Crippen LogP contribution in [0.5, 0.6) is 0 Å². The van der Waals surface area contributed by atoms with Crippen molar-refractivity contribution < 1.29 is 9.53 Å². The van der Waals surface area contributed by atoms with Crippen molar-refractivity contribution in [1.82, 2.24) is 9.88 Å². The third kappa shape index (κ3) is 4.14. The predicted molar refractivity (Wildman–Crippen MR) is 97.2 cm³/mol. The molecule has 1 N–H and O–H groups in total. The number of amides is 1. The number of carbonyl (C=O) groups excluding carboxylic acids is 1. The standard InChI is InChI=1S/C20H25N3O2/c1-20(2,3)25-19(24)22-16-9-8-14(10-16)12-23-13-15(11-21)17-6-4-5-7-18(17)23/h4-7,13-14,16H,8-10,12H2,1-3H3,(H,22,24)/t14-,16+/m0/s1. The topological polar surface area (TPSA) is 67.0 Å². The van der Waals surface area contributed by atoms with Crippen molar-refractivity contribution in [3.63, 3.8) is 0 Å². The Morgan fingerprint density at radius 1 is 1.36 bits per heavy atom. The number of ether oxygens (including phenoxy) is 1. The van der Waals surface area contributed by atoms with Gasteiger partial charge in [0, 0.05) is 29.7 Å². The van der Waals surface area contributed by atoms with E-state index in [-0.39, 0.29) is 12.1 Å². The number of hydrogen-bond acceptors (Lipinski definition) is 3. The van der Waals surface area contributed by atoms with Gasteiger partial charge in [0.1, 0.15) is 11.7 Å². The summed E-state index contributed by atoms with van der Waals surface area (Å²) in [4.78, 5) is 11.9. The Morgan fingerprint density at radius 2 is 2.12 bits per heavy atom. The lowest BCUT2D eigenvalue weighted by molar-refractivity contribution is 0.0504. The maximum atomic E-state index is 11.9. The van der Waals surface area contributed by atoms with Crippen LogP contribution in [0.15, 0.2) is 30.5 Å². The number of benzene rings is 1. The van der Waals surface area contributed by atoms with Crippen LogP contribution in [-0.2, 0) is 11.3 Å². The normalized spacial score (nSPS) is 20.4. The number of nitrogens with zero attached hydrogens (tertiary/aromatic N) is 2. The van der Waals surface area contributed by atoms with E-state index in [0.29, 0.717) is 5.92 Å². The molecule has 0 radical (unpaired) electrons. The summed E-state index contributed by atoms with van der Waals surface area (Å²) in [5.41, 5.74) is 1.35. The van der Waals surface area contributed by atoms with Gasteiger partial charge in [-0.2, -0.15) is 5.26 Å². The summed E-state index contributed by atoms with van der Waals surface area (Å²) in [6.45, 7) is 6.48. The van der Waals surface area contributed by atoms with Gasteiger partial charge >= 0.3 is 6.09 Å². The first-order chi connectivity index (χ1) is 11.9. The fourth-order valence-corrected chi connectivity index (χ4v) is 3.61. The van der Waals surface area contributed by atoms with E-state index < -0.39 is 5.60 Å². The lowest BCUT2D eigenvalue weighted by atomic mass is 10.1. The number of nitrogens with one attached hydrogen (secondary N) is 1. The van der Waals surface area contributed by atoms with E-state index in [0.717, 1.165) is 42.3 Å². The fourth-order valence-electron chi connectivity index (χ4n) is 3.61. The van der Waals surface area contributed by atoms with Crippen molar-refractivity contribution >= 4 is 17.0 Å². The molecule has 0 bridgehead atoms. The number of hydrogen-bond donors (Lipinski definition) is 1. The van der Waals surface area contributed by atoms with Crippen molar-refractivity contribution in [2.75, 3.05) is 0 Å². The van der Waals surface area contributed by atoms with Crippen LogP contribution >= 0.6 is 0 Å². The van der Waals surface area contributed by atoms with Crippen LogP contribution in [0.1, 0.15) is 45.6 Å². The Morgan fingerprint density at radius 3 is 2.84 bits per heavy atom. The number of nitriles is 1. The summed E-state index contributed by atoms with van der Waals surface area (Å²) < 4.78 is 7.51. The zero-order valence-corrected chi connectivity index (χ0v) is 15.1. The quantitative estimate of drug-likeness (QED) is 0.911. The highest BCUT2D eigenvalue weighted by molar-refractivity contribution is 5.86. The van der Waals surface area contributed by atoms with Crippen LogP contribution < -0.4 is 5.32 Å². The molecule has 0 saturated heterocycles.